The van der Waals surface area contributed by atoms with Crippen LogP contribution in [-0.2, 0) is 38.6 Å². The number of aromatic nitrogens is 2. The summed E-state index contributed by atoms with van der Waals surface area (Å²) in [5, 5.41) is 1.67. The van der Waals surface area contributed by atoms with Crippen molar-refractivity contribution in [1.29, 1.82) is 0 Å². The normalized spacial score (nSPS) is 15.7. The molecule has 6 aromatic rings. The van der Waals surface area contributed by atoms with Crippen LogP contribution in [0.3, 0.4) is 0 Å². The zero-order chi connectivity index (χ0) is 39.0. The van der Waals surface area contributed by atoms with Gasteiger partial charge in [-0.1, -0.05) is 133 Å². The van der Waals surface area contributed by atoms with E-state index in [0.29, 0.717) is 10.6 Å². The molecule has 292 valence electrons. The fraction of sp³-hybridized carbons (Fsp3) is 0.289. The molecule has 0 saturated carbocycles. The van der Waals surface area contributed by atoms with Crippen molar-refractivity contribution in [2.24, 2.45) is 0 Å². The zero-order valence-corrected chi connectivity index (χ0v) is 33.7. The first-order chi connectivity index (χ1) is 28.0. The van der Waals surface area contributed by atoms with E-state index in [1.165, 1.54) is 40.9 Å². The van der Waals surface area contributed by atoms with Crippen molar-refractivity contribution in [3.8, 4) is 22.5 Å². The summed E-state index contributed by atoms with van der Waals surface area (Å²) in [6.45, 7) is 8.64. The SMILES string of the molecule is COC(=O)C(OC(=O)Cc1sc(N2CCN(Cc3ccccc3)CC2)nc1-c1ccccc1)c1sc(N2CCN(Cc3ccccc3)CC2)nc1-c1ccccc1. The molecule has 0 spiro atoms. The monoisotopic (exact) mass is 798 g/mol. The Balaban J connectivity index is 1.01. The second-order valence-electron chi connectivity index (χ2n) is 14.3. The smallest absolute Gasteiger partial charge is 0.352 e. The highest BCUT2D eigenvalue weighted by Gasteiger charge is 2.34. The lowest BCUT2D eigenvalue weighted by atomic mass is 10.1. The maximum Gasteiger partial charge on any atom is 0.352 e. The summed E-state index contributed by atoms with van der Waals surface area (Å²) < 4.78 is 11.4. The van der Waals surface area contributed by atoms with Crippen molar-refractivity contribution in [1.82, 2.24) is 19.8 Å². The second kappa shape index (κ2) is 18.2. The van der Waals surface area contributed by atoms with Crippen molar-refractivity contribution in [2.45, 2.75) is 25.6 Å². The van der Waals surface area contributed by atoms with Crippen LogP contribution in [0.4, 0.5) is 10.3 Å². The third kappa shape index (κ3) is 9.43. The number of hydrogen-bond donors (Lipinski definition) is 0. The van der Waals surface area contributed by atoms with E-state index < -0.39 is 18.0 Å². The van der Waals surface area contributed by atoms with Gasteiger partial charge >= 0.3 is 11.9 Å². The van der Waals surface area contributed by atoms with Crippen molar-refractivity contribution in [3.63, 3.8) is 0 Å². The van der Waals surface area contributed by atoms with Gasteiger partial charge in [0.25, 0.3) is 0 Å². The number of rotatable bonds is 13. The molecule has 2 fully saturated rings. The maximum absolute atomic E-state index is 14.0. The van der Waals surface area contributed by atoms with Gasteiger partial charge in [0, 0.05) is 81.5 Å². The first kappa shape index (κ1) is 38.5. The summed E-state index contributed by atoms with van der Waals surface area (Å²) in [7, 11) is 1.32. The molecule has 2 saturated heterocycles. The fourth-order valence-corrected chi connectivity index (χ4v) is 9.63. The van der Waals surface area contributed by atoms with Gasteiger partial charge in [-0.05, 0) is 11.1 Å². The minimum absolute atomic E-state index is 0.0426. The molecular formula is C45H46N6O4S2. The van der Waals surface area contributed by atoms with E-state index in [0.717, 1.165) is 97.4 Å². The largest absolute Gasteiger partial charge is 0.466 e. The highest BCUT2D eigenvalue weighted by atomic mass is 32.1. The topological polar surface area (TPSA) is 91.3 Å². The van der Waals surface area contributed by atoms with E-state index in [9.17, 15) is 9.59 Å². The van der Waals surface area contributed by atoms with Crippen LogP contribution in [0.15, 0.2) is 121 Å². The van der Waals surface area contributed by atoms with Crippen LogP contribution in [0, 0.1) is 0 Å². The number of nitrogens with zero attached hydrogens (tertiary/aromatic N) is 6. The Labute approximate surface area is 341 Å². The van der Waals surface area contributed by atoms with E-state index in [1.807, 2.05) is 72.8 Å². The molecule has 2 aromatic heterocycles. The van der Waals surface area contributed by atoms with Crippen molar-refractivity contribution in [3.05, 3.63) is 142 Å². The predicted molar refractivity (Wildman–Crippen MR) is 228 cm³/mol. The standard InChI is InChI=1S/C45H46N6O4S2/c1-54-43(53)41(42-40(36-20-12-5-13-21-36)47-45(57-42)51-28-24-49(25-29-51)32-34-16-8-3-9-17-34)55-38(52)30-37-39(35-18-10-4-11-19-35)46-44(56-37)50-26-22-48(23-27-50)31-33-14-6-2-7-15-33/h2-21,41H,22-32H2,1H3. The minimum Gasteiger partial charge on any atom is -0.466 e. The molecule has 0 N–H and O–H groups in total. The van der Waals surface area contributed by atoms with E-state index >= 15 is 0 Å². The molecule has 8 rings (SSSR count). The molecule has 2 aliphatic rings. The highest BCUT2D eigenvalue weighted by Crippen LogP contribution is 2.40. The van der Waals surface area contributed by atoms with Gasteiger partial charge in [0.05, 0.1) is 29.8 Å². The zero-order valence-electron chi connectivity index (χ0n) is 32.0. The van der Waals surface area contributed by atoms with Crippen LogP contribution < -0.4 is 9.80 Å². The minimum atomic E-state index is -1.28. The first-order valence-electron chi connectivity index (χ1n) is 19.4. The number of methoxy groups -OCH3 is 1. The Morgan fingerprint density at radius 2 is 1.04 bits per heavy atom. The molecule has 1 unspecified atom stereocenters. The maximum atomic E-state index is 14.0. The van der Waals surface area contributed by atoms with Crippen LogP contribution in [0.5, 0.6) is 0 Å². The number of anilines is 2. The van der Waals surface area contributed by atoms with Crippen LogP contribution in [0.1, 0.15) is 27.0 Å². The number of thiazole rings is 2. The average molecular weight is 799 g/mol. The second-order valence-corrected chi connectivity index (χ2v) is 16.3. The van der Waals surface area contributed by atoms with Crippen molar-refractivity contribution < 1.29 is 19.1 Å². The molecule has 4 heterocycles. The molecule has 0 radical (unpaired) electrons. The molecule has 10 nitrogen and oxygen atoms in total. The van der Waals surface area contributed by atoms with Gasteiger partial charge < -0.3 is 19.3 Å². The number of carbonyl (C=O) groups is 2. The van der Waals surface area contributed by atoms with Gasteiger partial charge in [0.15, 0.2) is 10.3 Å². The lowest BCUT2D eigenvalue weighted by Gasteiger charge is -2.34. The summed E-state index contributed by atoms with van der Waals surface area (Å²) in [5.74, 6) is -1.18. The number of carbonyl (C=O) groups excluding carboxylic acids is 2. The van der Waals surface area contributed by atoms with Gasteiger partial charge in [0.1, 0.15) is 0 Å². The lowest BCUT2D eigenvalue weighted by Crippen LogP contribution is -2.45. The molecule has 0 bridgehead atoms. The Morgan fingerprint density at radius 1 is 0.596 bits per heavy atom. The summed E-state index contributed by atoms with van der Waals surface area (Å²) >= 11 is 2.90. The molecule has 0 amide bonds. The Bertz CT molecular complexity index is 2220. The molecule has 1 atom stereocenters. The van der Waals surface area contributed by atoms with E-state index in [-0.39, 0.29) is 6.42 Å². The molecule has 57 heavy (non-hydrogen) atoms. The van der Waals surface area contributed by atoms with Gasteiger partial charge in [-0.2, -0.15) is 0 Å². The quantitative estimate of drug-likeness (QED) is 0.109. The molecular weight excluding hydrogens is 753 g/mol. The lowest BCUT2D eigenvalue weighted by molar-refractivity contribution is -0.166. The van der Waals surface area contributed by atoms with Gasteiger partial charge in [-0.25, -0.2) is 14.8 Å². The average Bonchev–Trinajstić information content (AvgIpc) is 3.90. The van der Waals surface area contributed by atoms with E-state index in [1.54, 1.807) is 0 Å². The van der Waals surface area contributed by atoms with Gasteiger partial charge in [-0.15, -0.1) is 11.3 Å². The number of benzene rings is 4. The Hall–Kier alpha value is -5.40. The van der Waals surface area contributed by atoms with Crippen LogP contribution in [-0.4, -0.2) is 91.2 Å². The fourth-order valence-electron chi connectivity index (χ4n) is 7.35. The molecule has 12 heteroatoms. The van der Waals surface area contributed by atoms with Crippen LogP contribution in [0.2, 0.25) is 0 Å². The Morgan fingerprint density at radius 3 is 1.53 bits per heavy atom. The third-order valence-corrected chi connectivity index (χ3v) is 12.7. The number of esters is 2. The Kier molecular flexibility index (Phi) is 12.3. The predicted octanol–water partition coefficient (Wildman–Crippen LogP) is 7.58. The molecule has 0 aliphatic carbocycles. The van der Waals surface area contributed by atoms with E-state index in [2.05, 4.69) is 68.1 Å². The number of ether oxygens (including phenoxy) is 2. The summed E-state index contributed by atoms with van der Waals surface area (Å²) in [6.07, 6.45) is -1.33. The summed E-state index contributed by atoms with van der Waals surface area (Å²) in [6, 6.07) is 40.7. The number of piperazine rings is 2. The summed E-state index contributed by atoms with van der Waals surface area (Å²) in [5.41, 5.74) is 5.73. The third-order valence-electron chi connectivity index (χ3n) is 10.4. The van der Waals surface area contributed by atoms with Crippen molar-refractivity contribution >= 4 is 44.9 Å². The van der Waals surface area contributed by atoms with Crippen LogP contribution in [0.25, 0.3) is 22.5 Å². The summed E-state index contributed by atoms with van der Waals surface area (Å²) in [4.78, 5) is 48.6. The van der Waals surface area contributed by atoms with Gasteiger partial charge in [0.2, 0.25) is 6.10 Å². The van der Waals surface area contributed by atoms with Crippen LogP contribution >= 0.6 is 22.7 Å². The highest BCUT2D eigenvalue weighted by molar-refractivity contribution is 7.16. The van der Waals surface area contributed by atoms with Crippen molar-refractivity contribution in [2.75, 3.05) is 69.3 Å². The first-order valence-corrected chi connectivity index (χ1v) is 21.0. The van der Waals surface area contributed by atoms with E-state index in [4.69, 9.17) is 19.4 Å². The van der Waals surface area contributed by atoms with Gasteiger partial charge in [-0.3, -0.25) is 14.6 Å². The molecule has 4 aromatic carbocycles. The molecule has 2 aliphatic heterocycles. The number of hydrogen-bond acceptors (Lipinski definition) is 12.